The average molecular weight is 282 g/mol. The first-order valence-electron chi connectivity index (χ1n) is 5.51. The zero-order chi connectivity index (χ0) is 13.0. The van der Waals surface area contributed by atoms with Crippen LogP contribution in [0.3, 0.4) is 0 Å². The Hall–Kier alpha value is -1.19. The monoisotopic (exact) mass is 281 g/mol. The van der Waals surface area contributed by atoms with E-state index >= 15 is 0 Å². The smallest absolute Gasteiger partial charge is 0.129 e. The van der Waals surface area contributed by atoms with E-state index in [9.17, 15) is 4.39 Å². The van der Waals surface area contributed by atoms with Crippen LogP contribution in [0.5, 0.6) is 0 Å². The molecule has 0 aromatic heterocycles. The fourth-order valence-electron chi connectivity index (χ4n) is 1.65. The normalized spacial score (nSPS) is 10.4. The fraction of sp³-hybridized carbons (Fsp3) is 0.143. The summed E-state index contributed by atoms with van der Waals surface area (Å²) in [5, 5.41) is 3.65. The largest absolute Gasteiger partial charge is 0.380 e. The van der Waals surface area contributed by atoms with Gasteiger partial charge in [-0.1, -0.05) is 29.8 Å². The van der Waals surface area contributed by atoms with E-state index in [1.165, 1.54) is 6.07 Å². The molecule has 0 bridgehead atoms. The Bertz CT molecular complexity index is 545. The van der Waals surface area contributed by atoms with Crippen LogP contribution in [0.25, 0.3) is 0 Å². The summed E-state index contributed by atoms with van der Waals surface area (Å²) in [6.07, 6.45) is 2.02. The summed E-state index contributed by atoms with van der Waals surface area (Å²) in [5.74, 6) is -0.281. The van der Waals surface area contributed by atoms with Gasteiger partial charge >= 0.3 is 0 Å². The SMILES string of the molecule is CSc1ccccc1NCc1ccc(Cl)cc1F. The molecular weight excluding hydrogens is 269 g/mol. The number of rotatable bonds is 4. The molecule has 0 amide bonds. The van der Waals surface area contributed by atoms with E-state index in [0.29, 0.717) is 17.1 Å². The van der Waals surface area contributed by atoms with Crippen LogP contribution in [0, 0.1) is 5.82 Å². The number of nitrogens with one attached hydrogen (secondary N) is 1. The summed E-state index contributed by atoms with van der Waals surface area (Å²) >= 11 is 7.38. The van der Waals surface area contributed by atoms with E-state index < -0.39 is 0 Å². The number of halogens is 2. The third-order valence-electron chi connectivity index (χ3n) is 2.59. The standard InChI is InChI=1S/C14H13ClFNS/c1-18-14-5-3-2-4-13(14)17-9-10-6-7-11(15)8-12(10)16/h2-8,17H,9H2,1H3. The van der Waals surface area contributed by atoms with Gasteiger partial charge in [-0.3, -0.25) is 0 Å². The number of hydrogen-bond acceptors (Lipinski definition) is 2. The molecule has 0 saturated heterocycles. The van der Waals surface area contributed by atoms with Gasteiger partial charge in [0.05, 0.1) is 0 Å². The number of thioether (sulfide) groups is 1. The molecular formula is C14H13ClFNS. The second-order valence-corrected chi connectivity index (χ2v) is 5.07. The van der Waals surface area contributed by atoms with Gasteiger partial charge in [0.25, 0.3) is 0 Å². The van der Waals surface area contributed by atoms with E-state index in [4.69, 9.17) is 11.6 Å². The summed E-state index contributed by atoms with van der Waals surface area (Å²) in [4.78, 5) is 1.15. The first kappa shape index (κ1) is 13.2. The van der Waals surface area contributed by atoms with Crippen molar-refractivity contribution < 1.29 is 4.39 Å². The molecule has 94 valence electrons. The van der Waals surface area contributed by atoms with Gasteiger partial charge < -0.3 is 5.32 Å². The highest BCUT2D eigenvalue weighted by atomic mass is 35.5. The third kappa shape index (κ3) is 3.18. The molecule has 2 aromatic rings. The quantitative estimate of drug-likeness (QED) is 0.807. The Labute approximate surface area is 115 Å². The molecule has 0 unspecified atom stereocenters. The second-order valence-electron chi connectivity index (χ2n) is 3.79. The molecule has 1 N–H and O–H groups in total. The highest BCUT2D eigenvalue weighted by molar-refractivity contribution is 7.98. The van der Waals surface area contributed by atoms with Crippen LogP contribution < -0.4 is 5.32 Å². The molecule has 2 rings (SSSR count). The van der Waals surface area contributed by atoms with Gasteiger partial charge in [0.15, 0.2) is 0 Å². The van der Waals surface area contributed by atoms with Crippen molar-refractivity contribution in [2.75, 3.05) is 11.6 Å². The minimum absolute atomic E-state index is 0.281. The average Bonchev–Trinajstić information content (AvgIpc) is 2.38. The van der Waals surface area contributed by atoms with Crippen molar-refractivity contribution in [3.05, 3.63) is 58.9 Å². The van der Waals surface area contributed by atoms with Gasteiger partial charge in [0.2, 0.25) is 0 Å². The van der Waals surface area contributed by atoms with Crippen LogP contribution in [0.1, 0.15) is 5.56 Å². The van der Waals surface area contributed by atoms with Gasteiger partial charge in [-0.2, -0.15) is 0 Å². The van der Waals surface area contributed by atoms with Crippen molar-refractivity contribution in [1.82, 2.24) is 0 Å². The van der Waals surface area contributed by atoms with Crippen molar-refractivity contribution in [1.29, 1.82) is 0 Å². The van der Waals surface area contributed by atoms with Crippen molar-refractivity contribution in [2.45, 2.75) is 11.4 Å². The van der Waals surface area contributed by atoms with E-state index in [2.05, 4.69) is 5.32 Å². The minimum atomic E-state index is -0.281. The lowest BCUT2D eigenvalue weighted by Gasteiger charge is -2.11. The maximum absolute atomic E-state index is 13.6. The molecule has 0 fully saturated rings. The third-order valence-corrected chi connectivity index (χ3v) is 3.62. The van der Waals surface area contributed by atoms with Crippen LogP contribution >= 0.6 is 23.4 Å². The molecule has 0 radical (unpaired) electrons. The van der Waals surface area contributed by atoms with Crippen LogP contribution in [-0.2, 0) is 6.54 Å². The fourth-order valence-corrected chi connectivity index (χ4v) is 2.38. The lowest BCUT2D eigenvalue weighted by Crippen LogP contribution is -2.02. The summed E-state index contributed by atoms with van der Waals surface area (Å²) in [5.41, 5.74) is 1.62. The summed E-state index contributed by atoms with van der Waals surface area (Å²) in [7, 11) is 0. The minimum Gasteiger partial charge on any atom is -0.380 e. The zero-order valence-electron chi connectivity index (χ0n) is 9.91. The molecule has 1 nitrogen and oxygen atoms in total. The lowest BCUT2D eigenvalue weighted by atomic mass is 10.2. The van der Waals surface area contributed by atoms with Gasteiger partial charge in [0.1, 0.15) is 5.82 Å². The van der Waals surface area contributed by atoms with Crippen LogP contribution in [0.4, 0.5) is 10.1 Å². The number of para-hydroxylation sites is 1. The number of anilines is 1. The molecule has 0 aliphatic heterocycles. The van der Waals surface area contributed by atoms with E-state index in [1.54, 1.807) is 23.9 Å². The van der Waals surface area contributed by atoms with E-state index in [1.807, 2.05) is 30.5 Å². The lowest BCUT2D eigenvalue weighted by molar-refractivity contribution is 0.613. The van der Waals surface area contributed by atoms with E-state index in [-0.39, 0.29) is 5.82 Å². The van der Waals surface area contributed by atoms with Crippen LogP contribution in [-0.4, -0.2) is 6.26 Å². The molecule has 0 atom stereocenters. The number of benzene rings is 2. The number of hydrogen-bond donors (Lipinski definition) is 1. The first-order valence-corrected chi connectivity index (χ1v) is 7.12. The molecule has 0 saturated carbocycles. The van der Waals surface area contributed by atoms with Crippen molar-refractivity contribution in [3.63, 3.8) is 0 Å². The molecule has 18 heavy (non-hydrogen) atoms. The van der Waals surface area contributed by atoms with Gasteiger partial charge in [-0.25, -0.2) is 4.39 Å². The molecule has 0 spiro atoms. The van der Waals surface area contributed by atoms with Crippen LogP contribution in [0.2, 0.25) is 5.02 Å². The van der Waals surface area contributed by atoms with Crippen molar-refractivity contribution in [2.24, 2.45) is 0 Å². The Kier molecular flexibility index (Phi) is 4.50. The maximum atomic E-state index is 13.6. The molecule has 2 aromatic carbocycles. The molecule has 4 heteroatoms. The summed E-state index contributed by atoms with van der Waals surface area (Å²) < 4.78 is 13.6. The van der Waals surface area contributed by atoms with Crippen molar-refractivity contribution >= 4 is 29.1 Å². The molecule has 0 aliphatic rings. The Balaban J connectivity index is 2.11. The Morgan fingerprint density at radius 2 is 2.00 bits per heavy atom. The maximum Gasteiger partial charge on any atom is 0.129 e. The summed E-state index contributed by atoms with van der Waals surface area (Å²) in [6.45, 7) is 0.445. The molecule has 0 heterocycles. The topological polar surface area (TPSA) is 12.0 Å². The molecule has 0 aliphatic carbocycles. The Morgan fingerprint density at radius 3 is 2.72 bits per heavy atom. The Morgan fingerprint density at radius 1 is 1.22 bits per heavy atom. The van der Waals surface area contributed by atoms with Crippen molar-refractivity contribution in [3.8, 4) is 0 Å². The zero-order valence-corrected chi connectivity index (χ0v) is 11.5. The van der Waals surface area contributed by atoms with Gasteiger partial charge in [-0.15, -0.1) is 11.8 Å². The van der Waals surface area contributed by atoms with Gasteiger partial charge in [-0.05, 0) is 30.5 Å². The highest BCUT2D eigenvalue weighted by Crippen LogP contribution is 2.25. The summed E-state index contributed by atoms with van der Waals surface area (Å²) in [6, 6.07) is 12.7. The van der Waals surface area contributed by atoms with Gasteiger partial charge in [0, 0.05) is 27.7 Å². The highest BCUT2D eigenvalue weighted by Gasteiger charge is 2.04. The first-order chi connectivity index (χ1) is 8.70. The van der Waals surface area contributed by atoms with E-state index in [0.717, 1.165) is 10.6 Å². The second kappa shape index (κ2) is 6.12. The predicted octanol–water partition coefficient (Wildman–Crippen LogP) is 4.81. The van der Waals surface area contributed by atoms with Crippen LogP contribution in [0.15, 0.2) is 47.4 Å². The predicted molar refractivity (Wildman–Crippen MR) is 77.0 cm³/mol.